The topological polar surface area (TPSA) is 82.5 Å². The molecule has 0 saturated heterocycles. The smallest absolute Gasteiger partial charge is 0.550 e. The van der Waals surface area contributed by atoms with Crippen molar-refractivity contribution in [2.75, 3.05) is 5.75 Å². The van der Waals surface area contributed by atoms with E-state index in [0.717, 1.165) is 46.3 Å². The Morgan fingerprint density at radius 2 is 1.82 bits per heavy atom. The number of aromatic nitrogens is 1. The monoisotopic (exact) mass is 571 g/mol. The van der Waals surface area contributed by atoms with Crippen LogP contribution in [-0.4, -0.2) is 27.9 Å². The number of carbonyl (C=O) groups is 1. The van der Waals surface area contributed by atoms with Crippen molar-refractivity contribution in [3.8, 4) is 5.75 Å². The second-order valence-corrected chi connectivity index (χ2v) is 11.1. The first-order chi connectivity index (χ1) is 18.4. The fourth-order valence-corrected chi connectivity index (χ4v) is 5.77. The fraction of sp³-hybridized carbons (Fsp3) is 0.290. The molecule has 5 nitrogen and oxygen atoms in total. The minimum Gasteiger partial charge on any atom is -0.550 e. The van der Waals surface area contributed by atoms with Crippen molar-refractivity contribution in [2.45, 2.75) is 50.6 Å². The average molecular weight is 572 g/mol. The summed E-state index contributed by atoms with van der Waals surface area (Å²) in [7, 11) is 0. The van der Waals surface area contributed by atoms with Crippen LogP contribution in [0.2, 0.25) is 5.02 Å². The zero-order valence-electron chi connectivity index (χ0n) is 22.3. The zero-order valence-corrected chi connectivity index (χ0v) is 25.9. The van der Waals surface area contributed by atoms with Gasteiger partial charge in [0.2, 0.25) is 0 Å². The molecule has 0 amide bonds. The molecule has 0 radical (unpaired) electrons. The number of carboxylic acids is 1. The quantitative estimate of drug-likeness (QED) is 0.249. The Hall–Kier alpha value is -2.06. The molecule has 4 aromatic rings. The summed E-state index contributed by atoms with van der Waals surface area (Å²) < 4.78 is 6.09. The van der Waals surface area contributed by atoms with Crippen LogP contribution in [0.5, 0.6) is 5.75 Å². The summed E-state index contributed by atoms with van der Waals surface area (Å²) in [5, 5.41) is 22.7. The van der Waals surface area contributed by atoms with Crippen molar-refractivity contribution < 1.29 is 49.3 Å². The molecule has 2 atom stereocenters. The number of benzene rings is 3. The van der Waals surface area contributed by atoms with Gasteiger partial charge in [0.15, 0.2) is 0 Å². The molecule has 8 heteroatoms. The van der Waals surface area contributed by atoms with E-state index in [0.29, 0.717) is 23.8 Å². The zero-order chi connectivity index (χ0) is 26.9. The number of rotatable bonds is 13. The van der Waals surface area contributed by atoms with Gasteiger partial charge in [-0.1, -0.05) is 60.1 Å². The minimum atomic E-state index is -1.04. The summed E-state index contributed by atoms with van der Waals surface area (Å²) in [5.41, 5.74) is 5.06. The molecule has 0 aliphatic rings. The van der Waals surface area contributed by atoms with Gasteiger partial charge in [0.1, 0.15) is 12.4 Å². The number of carboxylic acid groups (broad SMARTS) is 1. The summed E-state index contributed by atoms with van der Waals surface area (Å²) in [6, 6.07) is 25.7. The second-order valence-electron chi connectivity index (χ2n) is 9.34. The number of ether oxygens (including phenoxy) is 1. The van der Waals surface area contributed by atoms with Gasteiger partial charge in [0.05, 0.1) is 17.3 Å². The molecule has 3 aromatic carbocycles. The maximum absolute atomic E-state index is 11.0. The van der Waals surface area contributed by atoms with Gasteiger partial charge in [0, 0.05) is 21.6 Å². The van der Waals surface area contributed by atoms with Gasteiger partial charge in [-0.3, -0.25) is 0 Å². The van der Waals surface area contributed by atoms with Crippen molar-refractivity contribution >= 4 is 40.2 Å². The van der Waals surface area contributed by atoms with Crippen LogP contribution in [-0.2, 0) is 24.2 Å². The molecule has 4 rings (SSSR count). The van der Waals surface area contributed by atoms with Crippen molar-refractivity contribution in [3.05, 3.63) is 106 Å². The predicted molar refractivity (Wildman–Crippen MR) is 152 cm³/mol. The predicted octanol–water partition coefficient (Wildman–Crippen LogP) is 2.94. The Labute approximate surface area is 261 Å². The third-order valence-corrected chi connectivity index (χ3v) is 7.85. The van der Waals surface area contributed by atoms with Gasteiger partial charge in [-0.15, -0.1) is 0 Å². The average Bonchev–Trinajstić information content (AvgIpc) is 2.89. The molecular formula is C31H31ClNNaO4S. The molecule has 0 spiro atoms. The second kappa shape index (κ2) is 15.7. The van der Waals surface area contributed by atoms with E-state index in [2.05, 4.69) is 23.2 Å². The Balaban J connectivity index is 0.00000420. The summed E-state index contributed by atoms with van der Waals surface area (Å²) in [5.74, 6) is 0.159. The third kappa shape index (κ3) is 9.82. The van der Waals surface area contributed by atoms with Gasteiger partial charge >= 0.3 is 29.6 Å². The summed E-state index contributed by atoms with van der Waals surface area (Å²) >= 11 is 7.74. The Bertz CT molecular complexity index is 1380. The number of aliphatic carboxylic acids is 1. The van der Waals surface area contributed by atoms with Crippen LogP contribution in [0.25, 0.3) is 10.9 Å². The van der Waals surface area contributed by atoms with E-state index in [9.17, 15) is 15.0 Å². The number of aryl methyl sites for hydroxylation is 1. The molecule has 198 valence electrons. The SMILES string of the molecule is CC(O)Cc1ccccc1CCC(SCCC(=O)[O-])c1cccc(OCc2ccc3ccc(Cl)cc3n2)c1.[Na+]. The number of pyridine rings is 1. The molecule has 0 fully saturated rings. The van der Waals surface area contributed by atoms with Crippen molar-refractivity contribution in [1.29, 1.82) is 0 Å². The first-order valence-corrected chi connectivity index (χ1v) is 14.1. The third-order valence-electron chi connectivity index (χ3n) is 6.26. The van der Waals surface area contributed by atoms with Crippen LogP contribution in [0.15, 0.2) is 78.9 Å². The van der Waals surface area contributed by atoms with E-state index < -0.39 is 12.1 Å². The molecular weight excluding hydrogens is 541 g/mol. The van der Waals surface area contributed by atoms with Gasteiger partial charge in [-0.2, -0.15) is 11.8 Å². The minimum absolute atomic E-state index is 0. The van der Waals surface area contributed by atoms with E-state index in [-0.39, 0.29) is 41.2 Å². The maximum atomic E-state index is 11.0. The van der Waals surface area contributed by atoms with E-state index in [4.69, 9.17) is 16.3 Å². The Morgan fingerprint density at radius 1 is 1.05 bits per heavy atom. The molecule has 1 heterocycles. The summed E-state index contributed by atoms with van der Waals surface area (Å²) in [6.45, 7) is 2.12. The van der Waals surface area contributed by atoms with Crippen LogP contribution in [0, 0.1) is 0 Å². The number of carbonyl (C=O) groups excluding carboxylic acids is 1. The molecule has 39 heavy (non-hydrogen) atoms. The number of nitrogens with zero attached hydrogens (tertiary/aromatic N) is 1. The number of thioether (sulfide) groups is 1. The van der Waals surface area contributed by atoms with Gasteiger partial charge in [-0.05, 0) is 85.4 Å². The first-order valence-electron chi connectivity index (χ1n) is 12.7. The normalized spacial score (nSPS) is 12.5. The number of aliphatic hydroxyl groups excluding tert-OH is 1. The molecule has 1 aromatic heterocycles. The van der Waals surface area contributed by atoms with E-state index in [1.165, 1.54) is 5.56 Å². The van der Waals surface area contributed by atoms with Crippen LogP contribution in [0.1, 0.15) is 47.4 Å². The van der Waals surface area contributed by atoms with Gasteiger partial charge < -0.3 is 19.7 Å². The summed E-state index contributed by atoms with van der Waals surface area (Å²) in [6.07, 6.45) is 1.85. The molecule has 0 aliphatic heterocycles. The molecule has 1 N–H and O–H groups in total. The van der Waals surface area contributed by atoms with Crippen LogP contribution in [0.3, 0.4) is 0 Å². The fourth-order valence-electron chi connectivity index (χ4n) is 4.41. The molecule has 0 aliphatic carbocycles. The van der Waals surface area contributed by atoms with E-state index in [1.807, 2.05) is 60.7 Å². The van der Waals surface area contributed by atoms with Crippen LogP contribution in [0.4, 0.5) is 0 Å². The van der Waals surface area contributed by atoms with Crippen molar-refractivity contribution in [2.24, 2.45) is 0 Å². The molecule has 0 bridgehead atoms. The molecule has 2 unspecified atom stereocenters. The number of fused-ring (bicyclic) bond motifs is 1. The number of halogens is 1. The van der Waals surface area contributed by atoms with Crippen LogP contribution < -0.4 is 39.4 Å². The Morgan fingerprint density at radius 3 is 2.59 bits per heavy atom. The number of hydrogen-bond acceptors (Lipinski definition) is 6. The van der Waals surface area contributed by atoms with Gasteiger partial charge in [-0.25, -0.2) is 4.98 Å². The Kier molecular flexibility index (Phi) is 12.6. The largest absolute Gasteiger partial charge is 1.00 e. The number of aliphatic hydroxyl groups is 1. The number of hydrogen-bond donors (Lipinski definition) is 1. The van der Waals surface area contributed by atoms with Crippen molar-refractivity contribution in [1.82, 2.24) is 4.98 Å². The van der Waals surface area contributed by atoms with E-state index >= 15 is 0 Å². The first kappa shape index (κ1) is 31.5. The van der Waals surface area contributed by atoms with E-state index in [1.54, 1.807) is 18.7 Å². The van der Waals surface area contributed by atoms with Gasteiger partial charge in [0.25, 0.3) is 0 Å². The van der Waals surface area contributed by atoms with Crippen LogP contribution >= 0.6 is 23.4 Å². The van der Waals surface area contributed by atoms with Crippen molar-refractivity contribution in [3.63, 3.8) is 0 Å². The maximum Gasteiger partial charge on any atom is 1.00 e. The standard InChI is InChI=1S/C31H32ClNO4S.Na/c1-21(34)17-24-6-3-2-5-22(24)11-14-30(38-16-15-31(35)36)25-7-4-8-28(18-25)37-20-27-13-10-23-9-12-26(32)19-29(23)33-27;/h2-10,12-13,18-19,21,30,34H,11,14-17,20H2,1H3,(H,35,36);/q;+1/p-1. The summed E-state index contributed by atoms with van der Waals surface area (Å²) in [4.78, 5) is 15.7. The molecule has 0 saturated carbocycles.